The summed E-state index contributed by atoms with van der Waals surface area (Å²) >= 11 is 5.41. The number of carbonyl (C=O) groups is 1. The fourth-order valence-electron chi connectivity index (χ4n) is 3.62. The zero-order chi connectivity index (χ0) is 17.4. The minimum atomic E-state index is -1.10. The number of esters is 1. The number of thiocarbonyl (C=S) groups is 1. The highest BCUT2D eigenvalue weighted by atomic mass is 32.1. The molecule has 2 aliphatic rings. The van der Waals surface area contributed by atoms with Crippen LogP contribution in [0.1, 0.15) is 24.1 Å². The molecule has 128 valence electrons. The van der Waals surface area contributed by atoms with Gasteiger partial charge in [-0.2, -0.15) is 0 Å². The zero-order valence-electron chi connectivity index (χ0n) is 13.7. The number of hydrogen-bond donors (Lipinski definition) is 2. The first-order valence-electron chi connectivity index (χ1n) is 8.24. The summed E-state index contributed by atoms with van der Waals surface area (Å²) in [5, 5.41) is 6.88. The van der Waals surface area contributed by atoms with E-state index >= 15 is 0 Å². The van der Waals surface area contributed by atoms with Crippen molar-refractivity contribution in [1.29, 1.82) is 0 Å². The van der Waals surface area contributed by atoms with Gasteiger partial charge in [0.05, 0.1) is 12.6 Å². The fourth-order valence-corrected chi connectivity index (χ4v) is 3.90. The van der Waals surface area contributed by atoms with E-state index in [0.29, 0.717) is 11.7 Å². The number of ether oxygens (including phenoxy) is 2. The van der Waals surface area contributed by atoms with Gasteiger partial charge in [0.15, 0.2) is 5.11 Å². The average Bonchev–Trinajstić information content (AvgIpc) is 2.62. The molecule has 1 fully saturated rings. The Kier molecular flexibility index (Phi) is 3.84. The second-order valence-corrected chi connectivity index (χ2v) is 6.46. The van der Waals surface area contributed by atoms with Gasteiger partial charge in [0.2, 0.25) is 5.72 Å². The Morgan fingerprint density at radius 1 is 1.20 bits per heavy atom. The molecule has 25 heavy (non-hydrogen) atoms. The molecule has 3 atom stereocenters. The highest BCUT2D eigenvalue weighted by Crippen LogP contribution is 2.49. The first-order valence-corrected chi connectivity index (χ1v) is 8.65. The van der Waals surface area contributed by atoms with E-state index in [-0.39, 0.29) is 12.0 Å². The molecule has 0 aromatic heterocycles. The Hall–Kier alpha value is -2.60. The SMILES string of the molecule is CCOC(=O)[C@H]1[C@H]2NC(=S)N[C@@]1(c1ccccc1)Oc1ccccc12. The number of carbonyl (C=O) groups excluding carboxylic acids is 1. The van der Waals surface area contributed by atoms with E-state index < -0.39 is 11.6 Å². The summed E-state index contributed by atoms with van der Waals surface area (Å²) in [5.74, 6) is -0.218. The maximum Gasteiger partial charge on any atom is 0.317 e. The van der Waals surface area contributed by atoms with Crippen LogP contribution in [0.3, 0.4) is 0 Å². The summed E-state index contributed by atoms with van der Waals surface area (Å²) in [4.78, 5) is 12.9. The van der Waals surface area contributed by atoms with E-state index in [0.717, 1.165) is 16.9 Å². The van der Waals surface area contributed by atoms with Gasteiger partial charge in [0, 0.05) is 11.1 Å². The summed E-state index contributed by atoms with van der Waals surface area (Å²) in [6.45, 7) is 2.10. The van der Waals surface area contributed by atoms with Crippen LogP contribution in [0, 0.1) is 5.92 Å². The first-order chi connectivity index (χ1) is 12.2. The Balaban J connectivity index is 1.94. The number of rotatable bonds is 3. The molecule has 2 heterocycles. The van der Waals surface area contributed by atoms with Gasteiger partial charge in [-0.3, -0.25) is 4.79 Å². The van der Waals surface area contributed by atoms with E-state index in [1.165, 1.54) is 0 Å². The number of para-hydroxylation sites is 1. The molecule has 2 aromatic carbocycles. The molecule has 0 radical (unpaired) electrons. The number of benzene rings is 2. The summed E-state index contributed by atoms with van der Waals surface area (Å²) in [6, 6.07) is 17.0. The molecule has 0 spiro atoms. The third-order valence-electron chi connectivity index (χ3n) is 4.63. The lowest BCUT2D eigenvalue weighted by Crippen LogP contribution is -2.69. The molecule has 6 heteroatoms. The Labute approximate surface area is 151 Å². The molecule has 2 bridgehead atoms. The molecular formula is C19H18N2O3S. The van der Waals surface area contributed by atoms with E-state index in [9.17, 15) is 4.79 Å². The molecule has 2 aromatic rings. The third-order valence-corrected chi connectivity index (χ3v) is 4.85. The molecule has 5 nitrogen and oxygen atoms in total. The minimum Gasteiger partial charge on any atom is -0.466 e. The van der Waals surface area contributed by atoms with Crippen LogP contribution in [0.4, 0.5) is 0 Å². The van der Waals surface area contributed by atoms with Crippen LogP contribution in [0.25, 0.3) is 0 Å². The van der Waals surface area contributed by atoms with Crippen molar-refractivity contribution in [3.8, 4) is 5.75 Å². The molecule has 2 aliphatic heterocycles. The van der Waals surface area contributed by atoms with Crippen molar-refractivity contribution in [1.82, 2.24) is 10.6 Å². The lowest BCUT2D eigenvalue weighted by atomic mass is 9.76. The molecular weight excluding hydrogens is 336 g/mol. The summed E-state index contributed by atoms with van der Waals surface area (Å²) in [6.07, 6.45) is 0. The van der Waals surface area contributed by atoms with Crippen molar-refractivity contribution in [3.63, 3.8) is 0 Å². The molecule has 1 saturated heterocycles. The van der Waals surface area contributed by atoms with E-state index in [2.05, 4.69) is 10.6 Å². The van der Waals surface area contributed by atoms with Crippen molar-refractivity contribution in [2.75, 3.05) is 6.61 Å². The second kappa shape index (κ2) is 6.04. The third kappa shape index (κ3) is 2.44. The van der Waals surface area contributed by atoms with Gasteiger partial charge in [-0.05, 0) is 25.2 Å². The predicted molar refractivity (Wildman–Crippen MR) is 96.9 cm³/mol. The van der Waals surface area contributed by atoms with Crippen LogP contribution in [0.15, 0.2) is 54.6 Å². The Bertz CT molecular complexity index is 826. The molecule has 0 amide bonds. The maximum atomic E-state index is 12.9. The maximum absolute atomic E-state index is 12.9. The topological polar surface area (TPSA) is 59.6 Å². The average molecular weight is 354 g/mol. The van der Waals surface area contributed by atoms with Gasteiger partial charge in [0.1, 0.15) is 11.7 Å². The molecule has 0 saturated carbocycles. The first kappa shape index (κ1) is 15.9. The Morgan fingerprint density at radius 3 is 2.68 bits per heavy atom. The van der Waals surface area contributed by atoms with Crippen LogP contribution < -0.4 is 15.4 Å². The van der Waals surface area contributed by atoms with Gasteiger partial charge in [0.25, 0.3) is 0 Å². The molecule has 2 N–H and O–H groups in total. The Morgan fingerprint density at radius 2 is 1.92 bits per heavy atom. The molecule has 4 rings (SSSR count). The minimum absolute atomic E-state index is 0.305. The van der Waals surface area contributed by atoms with Gasteiger partial charge < -0.3 is 20.1 Å². The van der Waals surface area contributed by atoms with Crippen LogP contribution in [-0.2, 0) is 15.3 Å². The monoisotopic (exact) mass is 354 g/mol. The van der Waals surface area contributed by atoms with Crippen LogP contribution >= 0.6 is 12.2 Å². The largest absolute Gasteiger partial charge is 0.466 e. The van der Waals surface area contributed by atoms with Gasteiger partial charge in [-0.15, -0.1) is 0 Å². The van der Waals surface area contributed by atoms with Crippen molar-refractivity contribution in [2.45, 2.75) is 18.7 Å². The van der Waals surface area contributed by atoms with Crippen LogP contribution in [-0.4, -0.2) is 17.7 Å². The zero-order valence-corrected chi connectivity index (χ0v) is 14.5. The smallest absolute Gasteiger partial charge is 0.317 e. The quantitative estimate of drug-likeness (QED) is 0.653. The predicted octanol–water partition coefficient (Wildman–Crippen LogP) is 2.63. The van der Waals surface area contributed by atoms with Gasteiger partial charge in [-0.25, -0.2) is 0 Å². The van der Waals surface area contributed by atoms with Crippen molar-refractivity contribution in [3.05, 3.63) is 65.7 Å². The van der Waals surface area contributed by atoms with Gasteiger partial charge >= 0.3 is 5.97 Å². The van der Waals surface area contributed by atoms with Crippen molar-refractivity contribution in [2.24, 2.45) is 5.92 Å². The van der Waals surface area contributed by atoms with Gasteiger partial charge in [-0.1, -0.05) is 48.5 Å². The highest BCUT2D eigenvalue weighted by Gasteiger charge is 2.59. The van der Waals surface area contributed by atoms with Crippen molar-refractivity contribution >= 4 is 23.3 Å². The highest BCUT2D eigenvalue weighted by molar-refractivity contribution is 7.80. The van der Waals surface area contributed by atoms with E-state index in [1.807, 2.05) is 54.6 Å². The van der Waals surface area contributed by atoms with E-state index in [1.54, 1.807) is 6.92 Å². The standard InChI is InChI=1S/C19H18N2O3S/c1-2-23-17(22)15-16-13-10-6-7-11-14(13)24-19(15,21-18(25)20-16)12-8-4-3-5-9-12/h3-11,15-16H,2H2,1H3,(H2,20,21,25)/t15-,16+,19+/m1/s1. The number of nitrogens with one attached hydrogen (secondary N) is 2. The van der Waals surface area contributed by atoms with Crippen molar-refractivity contribution < 1.29 is 14.3 Å². The molecule has 0 aliphatic carbocycles. The number of fused-ring (bicyclic) bond motifs is 4. The lowest BCUT2D eigenvalue weighted by molar-refractivity contribution is -0.165. The summed E-state index contributed by atoms with van der Waals surface area (Å²) < 4.78 is 11.8. The second-order valence-electron chi connectivity index (χ2n) is 6.05. The van der Waals surface area contributed by atoms with Crippen LogP contribution in [0.5, 0.6) is 5.75 Å². The molecule has 0 unspecified atom stereocenters. The lowest BCUT2D eigenvalue weighted by Gasteiger charge is -2.51. The normalized spacial score (nSPS) is 26.5. The fraction of sp³-hybridized carbons (Fsp3) is 0.263. The summed E-state index contributed by atoms with van der Waals surface area (Å²) in [7, 11) is 0. The van der Waals surface area contributed by atoms with Crippen LogP contribution in [0.2, 0.25) is 0 Å². The summed E-state index contributed by atoms with van der Waals surface area (Å²) in [5.41, 5.74) is 0.627. The number of hydrogen-bond acceptors (Lipinski definition) is 4. The van der Waals surface area contributed by atoms with E-state index in [4.69, 9.17) is 21.7 Å².